The van der Waals surface area contributed by atoms with Crippen LogP contribution in [0.15, 0.2) is 12.4 Å². The van der Waals surface area contributed by atoms with E-state index in [4.69, 9.17) is 27.9 Å². The molecule has 1 aliphatic heterocycles. The lowest BCUT2D eigenvalue weighted by Crippen LogP contribution is -2.43. The predicted octanol–water partition coefficient (Wildman–Crippen LogP) is 2.65. The third-order valence-corrected chi connectivity index (χ3v) is 4.21. The first-order valence-corrected chi connectivity index (χ1v) is 8.53. The Balaban J connectivity index is 1.90. The number of anilines is 1. The topological polar surface area (TPSA) is 57.7 Å². The minimum Gasteiger partial charge on any atom is -0.380 e. The zero-order valence-corrected chi connectivity index (χ0v) is 14.7. The standard InChI is InChI=1S/C15H22Cl2N4O2/c1-2-23-9-4-19-15(22)21-6-3-5-20(7-8-21)14-12(16)10-18-11-13(14)17/h10-11H,2-9H2,1H3,(H,19,22). The second kappa shape index (κ2) is 9.15. The molecule has 0 unspecified atom stereocenters. The molecule has 1 fully saturated rings. The van der Waals surface area contributed by atoms with Crippen LogP contribution in [0.4, 0.5) is 10.5 Å². The summed E-state index contributed by atoms with van der Waals surface area (Å²) in [5, 5.41) is 3.94. The summed E-state index contributed by atoms with van der Waals surface area (Å²) >= 11 is 12.4. The number of aromatic nitrogens is 1. The molecule has 0 aliphatic carbocycles. The molecule has 1 aromatic heterocycles. The van der Waals surface area contributed by atoms with Gasteiger partial charge in [0.2, 0.25) is 0 Å². The summed E-state index contributed by atoms with van der Waals surface area (Å²) in [5.41, 5.74) is 0.793. The highest BCUT2D eigenvalue weighted by molar-refractivity contribution is 6.38. The van der Waals surface area contributed by atoms with Crippen molar-refractivity contribution < 1.29 is 9.53 Å². The van der Waals surface area contributed by atoms with Crippen LogP contribution in [0.5, 0.6) is 0 Å². The molecule has 2 amide bonds. The van der Waals surface area contributed by atoms with Gasteiger partial charge in [0.15, 0.2) is 0 Å². The van der Waals surface area contributed by atoms with E-state index in [0.717, 1.165) is 18.7 Å². The van der Waals surface area contributed by atoms with Crippen LogP contribution in [0.3, 0.4) is 0 Å². The number of carbonyl (C=O) groups excluding carboxylic acids is 1. The smallest absolute Gasteiger partial charge is 0.317 e. The third-order valence-electron chi connectivity index (χ3n) is 3.65. The van der Waals surface area contributed by atoms with Gasteiger partial charge in [0.25, 0.3) is 0 Å². The summed E-state index contributed by atoms with van der Waals surface area (Å²) in [5.74, 6) is 0. The highest BCUT2D eigenvalue weighted by Crippen LogP contribution is 2.32. The van der Waals surface area contributed by atoms with E-state index in [0.29, 0.717) is 49.4 Å². The Kier molecular flexibility index (Phi) is 7.20. The van der Waals surface area contributed by atoms with Crippen molar-refractivity contribution in [3.8, 4) is 0 Å². The molecule has 0 aromatic carbocycles. The Morgan fingerprint density at radius 3 is 2.70 bits per heavy atom. The summed E-state index contributed by atoms with van der Waals surface area (Å²) in [6, 6.07) is -0.0570. The van der Waals surface area contributed by atoms with Gasteiger partial charge in [-0.2, -0.15) is 0 Å². The van der Waals surface area contributed by atoms with Gasteiger partial charge >= 0.3 is 6.03 Å². The van der Waals surface area contributed by atoms with Gasteiger partial charge in [-0.3, -0.25) is 4.98 Å². The average Bonchev–Trinajstić information content (AvgIpc) is 2.77. The molecule has 8 heteroatoms. The maximum Gasteiger partial charge on any atom is 0.317 e. The van der Waals surface area contributed by atoms with Crippen LogP contribution >= 0.6 is 23.2 Å². The van der Waals surface area contributed by atoms with Gasteiger partial charge in [-0.25, -0.2) is 4.79 Å². The van der Waals surface area contributed by atoms with Crippen molar-refractivity contribution in [2.24, 2.45) is 0 Å². The molecule has 1 saturated heterocycles. The highest BCUT2D eigenvalue weighted by Gasteiger charge is 2.21. The molecule has 1 aromatic rings. The minimum atomic E-state index is -0.0570. The molecule has 1 aliphatic rings. The normalized spacial score (nSPS) is 15.4. The molecule has 0 radical (unpaired) electrons. The van der Waals surface area contributed by atoms with Crippen molar-refractivity contribution in [3.63, 3.8) is 0 Å². The summed E-state index contributed by atoms with van der Waals surface area (Å²) < 4.78 is 5.22. The lowest BCUT2D eigenvalue weighted by atomic mass is 10.3. The Bertz CT molecular complexity index is 510. The fraction of sp³-hybridized carbons (Fsp3) is 0.600. The van der Waals surface area contributed by atoms with Crippen molar-refractivity contribution in [2.45, 2.75) is 13.3 Å². The zero-order chi connectivity index (χ0) is 16.7. The molecule has 128 valence electrons. The molecule has 2 rings (SSSR count). The van der Waals surface area contributed by atoms with Crippen LogP contribution < -0.4 is 10.2 Å². The Morgan fingerprint density at radius 1 is 1.26 bits per heavy atom. The minimum absolute atomic E-state index is 0.0570. The van der Waals surface area contributed by atoms with Gasteiger partial charge < -0.3 is 19.9 Å². The van der Waals surface area contributed by atoms with Gasteiger partial charge in [-0.05, 0) is 13.3 Å². The number of amides is 2. The van der Waals surface area contributed by atoms with E-state index >= 15 is 0 Å². The van der Waals surface area contributed by atoms with E-state index in [1.54, 1.807) is 12.4 Å². The SMILES string of the molecule is CCOCCNC(=O)N1CCCN(c2c(Cl)cncc2Cl)CC1. The van der Waals surface area contributed by atoms with Crippen LogP contribution in [-0.2, 0) is 4.74 Å². The molecule has 0 bridgehead atoms. The molecule has 0 atom stereocenters. The second-order valence-electron chi connectivity index (χ2n) is 5.21. The number of halogens is 2. The largest absolute Gasteiger partial charge is 0.380 e. The van der Waals surface area contributed by atoms with E-state index in [9.17, 15) is 4.79 Å². The molecule has 0 spiro atoms. The number of rotatable bonds is 5. The second-order valence-corrected chi connectivity index (χ2v) is 6.02. The molecule has 23 heavy (non-hydrogen) atoms. The monoisotopic (exact) mass is 360 g/mol. The van der Waals surface area contributed by atoms with E-state index in [1.807, 2.05) is 11.8 Å². The Labute approximate surface area is 146 Å². The van der Waals surface area contributed by atoms with Crippen molar-refractivity contribution >= 4 is 34.9 Å². The highest BCUT2D eigenvalue weighted by atomic mass is 35.5. The summed E-state index contributed by atoms with van der Waals surface area (Å²) in [6.07, 6.45) is 4.03. The fourth-order valence-corrected chi connectivity index (χ4v) is 3.14. The lowest BCUT2D eigenvalue weighted by molar-refractivity contribution is 0.146. The van der Waals surface area contributed by atoms with Crippen molar-refractivity contribution in [1.29, 1.82) is 0 Å². The van der Waals surface area contributed by atoms with Gasteiger partial charge in [0.1, 0.15) is 0 Å². The summed E-state index contributed by atoms with van der Waals surface area (Å²) in [7, 11) is 0. The first-order valence-electron chi connectivity index (χ1n) is 7.78. The number of pyridine rings is 1. The van der Waals surface area contributed by atoms with Crippen molar-refractivity contribution in [3.05, 3.63) is 22.4 Å². The number of hydrogen-bond donors (Lipinski definition) is 1. The molecule has 2 heterocycles. The van der Waals surface area contributed by atoms with E-state index in [1.165, 1.54) is 0 Å². The number of carbonyl (C=O) groups is 1. The van der Waals surface area contributed by atoms with Gasteiger partial charge in [-0.1, -0.05) is 23.2 Å². The molecule has 0 saturated carbocycles. The molecule has 6 nitrogen and oxygen atoms in total. The molecular weight excluding hydrogens is 339 g/mol. The van der Waals surface area contributed by atoms with Crippen molar-refractivity contribution in [2.75, 3.05) is 50.8 Å². The van der Waals surface area contributed by atoms with Crippen LogP contribution in [0.25, 0.3) is 0 Å². The zero-order valence-electron chi connectivity index (χ0n) is 13.2. The van der Waals surface area contributed by atoms with Crippen LogP contribution in [0.2, 0.25) is 10.0 Å². The van der Waals surface area contributed by atoms with E-state index in [-0.39, 0.29) is 6.03 Å². The maximum absolute atomic E-state index is 12.2. The summed E-state index contributed by atoms with van der Waals surface area (Å²) in [4.78, 5) is 20.1. The van der Waals surface area contributed by atoms with Crippen LogP contribution in [0.1, 0.15) is 13.3 Å². The van der Waals surface area contributed by atoms with Crippen LogP contribution in [-0.4, -0.2) is 61.9 Å². The number of urea groups is 1. The van der Waals surface area contributed by atoms with Gasteiger partial charge in [0, 0.05) is 51.7 Å². The number of nitrogens with one attached hydrogen (secondary N) is 1. The van der Waals surface area contributed by atoms with Gasteiger partial charge in [-0.15, -0.1) is 0 Å². The van der Waals surface area contributed by atoms with Crippen LogP contribution in [0, 0.1) is 0 Å². The molecule has 1 N–H and O–H groups in total. The number of hydrogen-bond acceptors (Lipinski definition) is 4. The van der Waals surface area contributed by atoms with Crippen molar-refractivity contribution in [1.82, 2.24) is 15.2 Å². The van der Waals surface area contributed by atoms with Gasteiger partial charge in [0.05, 0.1) is 22.3 Å². The number of nitrogens with zero attached hydrogens (tertiary/aromatic N) is 3. The number of ether oxygens (including phenoxy) is 1. The summed E-state index contributed by atoms with van der Waals surface area (Å²) in [6.45, 7) is 6.45. The predicted molar refractivity (Wildman–Crippen MR) is 92.6 cm³/mol. The third kappa shape index (κ3) is 5.12. The lowest BCUT2D eigenvalue weighted by Gasteiger charge is -2.25. The first kappa shape index (κ1) is 18.1. The Morgan fingerprint density at radius 2 is 2.00 bits per heavy atom. The van der Waals surface area contributed by atoms with E-state index < -0.39 is 0 Å². The quantitative estimate of drug-likeness (QED) is 0.820. The fourth-order valence-electron chi connectivity index (χ4n) is 2.54. The maximum atomic E-state index is 12.2. The van der Waals surface area contributed by atoms with E-state index in [2.05, 4.69) is 15.2 Å². The Hall–Kier alpha value is -1.24. The average molecular weight is 361 g/mol. The molecular formula is C15H22Cl2N4O2. The first-order chi connectivity index (χ1) is 11.1.